The Morgan fingerprint density at radius 2 is 2.00 bits per heavy atom. The van der Waals surface area contributed by atoms with Crippen molar-refractivity contribution in [1.82, 2.24) is 28.9 Å². The number of hydrogen-bond acceptors (Lipinski definition) is 6. The number of para-hydroxylation sites is 2. The number of methoxy groups -OCH3 is 1. The fourth-order valence-electron chi connectivity index (χ4n) is 2.65. The van der Waals surface area contributed by atoms with Crippen LogP contribution in [0.1, 0.15) is 0 Å². The average molecular weight is 368 g/mol. The maximum atomic E-state index is 12.3. The van der Waals surface area contributed by atoms with Gasteiger partial charge in [-0.2, -0.15) is 0 Å². The first-order valence-corrected chi connectivity index (χ1v) is 8.97. The fraction of sp³-hybridized carbons (Fsp3) is 0.176. The van der Waals surface area contributed by atoms with Gasteiger partial charge in [-0.15, -0.1) is 15.3 Å². The maximum Gasteiger partial charge on any atom is 0.350 e. The third kappa shape index (κ3) is 2.97. The van der Waals surface area contributed by atoms with Crippen molar-refractivity contribution in [3.8, 4) is 11.4 Å². The van der Waals surface area contributed by atoms with Crippen LogP contribution in [-0.4, -0.2) is 41.8 Å². The summed E-state index contributed by atoms with van der Waals surface area (Å²) in [4.78, 5) is 12.3. The van der Waals surface area contributed by atoms with Crippen molar-refractivity contribution in [3.05, 3.63) is 65.5 Å². The zero-order valence-corrected chi connectivity index (χ0v) is 14.8. The van der Waals surface area contributed by atoms with Crippen LogP contribution < -0.4 is 10.4 Å². The van der Waals surface area contributed by atoms with E-state index in [1.807, 2.05) is 47.0 Å². The highest BCUT2D eigenvalue weighted by Gasteiger charge is 2.12. The number of benzene rings is 1. The largest absolute Gasteiger partial charge is 0.495 e. The van der Waals surface area contributed by atoms with Crippen LogP contribution in [0.25, 0.3) is 11.3 Å². The molecule has 0 N–H and O–H groups in total. The summed E-state index contributed by atoms with van der Waals surface area (Å²) in [6.45, 7) is 0.476. The van der Waals surface area contributed by atoms with E-state index in [0.717, 1.165) is 16.6 Å². The van der Waals surface area contributed by atoms with Gasteiger partial charge in [-0.05, 0) is 24.3 Å². The molecule has 0 aliphatic carbocycles. The Kier molecular flexibility index (Phi) is 4.44. The Hall–Kier alpha value is -3.07. The van der Waals surface area contributed by atoms with Gasteiger partial charge in [-0.3, -0.25) is 8.97 Å². The summed E-state index contributed by atoms with van der Waals surface area (Å²) in [5.74, 6) is 1.38. The summed E-state index contributed by atoms with van der Waals surface area (Å²) in [5, 5.41) is 13.2. The lowest BCUT2D eigenvalue weighted by atomic mass is 10.3. The second-order valence-electron chi connectivity index (χ2n) is 5.44. The molecule has 0 aliphatic heterocycles. The summed E-state index contributed by atoms with van der Waals surface area (Å²) in [7, 11) is 1.63. The number of pyridine rings is 1. The minimum atomic E-state index is -0.146. The summed E-state index contributed by atoms with van der Waals surface area (Å²) in [6, 6.07) is 13.2. The third-order valence-corrected chi connectivity index (χ3v) is 4.81. The van der Waals surface area contributed by atoms with Crippen LogP contribution >= 0.6 is 11.8 Å². The normalized spacial score (nSPS) is 11.1. The summed E-state index contributed by atoms with van der Waals surface area (Å²) < 4.78 is 10.3. The van der Waals surface area contributed by atoms with Gasteiger partial charge in [0.15, 0.2) is 10.8 Å². The number of nitrogens with zero attached hydrogens (tertiary/aromatic N) is 6. The highest BCUT2D eigenvalue weighted by molar-refractivity contribution is 7.99. The Morgan fingerprint density at radius 3 is 2.85 bits per heavy atom. The monoisotopic (exact) mass is 368 g/mol. The van der Waals surface area contributed by atoms with Gasteiger partial charge in [0.1, 0.15) is 12.1 Å². The number of rotatable bonds is 6. The quantitative estimate of drug-likeness (QED) is 0.484. The summed E-state index contributed by atoms with van der Waals surface area (Å²) in [6.07, 6.45) is 3.36. The molecule has 132 valence electrons. The lowest BCUT2D eigenvalue weighted by molar-refractivity contribution is 0.412. The molecule has 0 fully saturated rings. The van der Waals surface area contributed by atoms with E-state index in [1.54, 1.807) is 19.6 Å². The Morgan fingerprint density at radius 1 is 1.15 bits per heavy atom. The second kappa shape index (κ2) is 7.04. The van der Waals surface area contributed by atoms with Gasteiger partial charge in [0.2, 0.25) is 0 Å². The molecule has 0 saturated carbocycles. The number of ether oxygens (including phenoxy) is 1. The first-order valence-electron chi connectivity index (χ1n) is 7.98. The van der Waals surface area contributed by atoms with Crippen molar-refractivity contribution >= 4 is 17.4 Å². The van der Waals surface area contributed by atoms with Crippen LogP contribution in [0, 0.1) is 0 Å². The van der Waals surface area contributed by atoms with Crippen LogP contribution in [0.3, 0.4) is 0 Å². The molecule has 0 saturated heterocycles. The van der Waals surface area contributed by atoms with Crippen molar-refractivity contribution < 1.29 is 4.74 Å². The van der Waals surface area contributed by atoms with E-state index in [1.165, 1.54) is 20.8 Å². The van der Waals surface area contributed by atoms with Crippen LogP contribution in [-0.2, 0) is 6.54 Å². The van der Waals surface area contributed by atoms with Gasteiger partial charge >= 0.3 is 5.69 Å². The molecule has 0 spiro atoms. The number of thioether (sulfide) groups is 1. The average Bonchev–Trinajstić information content (AvgIpc) is 3.27. The number of aromatic nitrogens is 6. The minimum Gasteiger partial charge on any atom is -0.495 e. The van der Waals surface area contributed by atoms with E-state index >= 15 is 0 Å². The molecule has 0 atom stereocenters. The fourth-order valence-corrected chi connectivity index (χ4v) is 3.49. The predicted octanol–water partition coefficient (Wildman–Crippen LogP) is 1.88. The lowest BCUT2D eigenvalue weighted by Gasteiger charge is -2.10. The summed E-state index contributed by atoms with van der Waals surface area (Å²) in [5.41, 5.74) is 1.36. The van der Waals surface area contributed by atoms with Gasteiger partial charge in [0, 0.05) is 11.9 Å². The van der Waals surface area contributed by atoms with Crippen LogP contribution in [0.2, 0.25) is 0 Å². The van der Waals surface area contributed by atoms with Crippen molar-refractivity contribution in [2.45, 2.75) is 11.7 Å². The van der Waals surface area contributed by atoms with Crippen molar-refractivity contribution in [3.63, 3.8) is 0 Å². The zero-order valence-electron chi connectivity index (χ0n) is 14.0. The molecule has 1 aromatic carbocycles. The van der Waals surface area contributed by atoms with Crippen LogP contribution in [0.5, 0.6) is 5.75 Å². The smallest absolute Gasteiger partial charge is 0.350 e. The molecule has 0 amide bonds. The van der Waals surface area contributed by atoms with Gasteiger partial charge < -0.3 is 4.74 Å². The highest BCUT2D eigenvalue weighted by Crippen LogP contribution is 2.26. The number of hydrogen-bond donors (Lipinski definition) is 0. The van der Waals surface area contributed by atoms with Crippen LogP contribution in [0.4, 0.5) is 0 Å². The molecular weight excluding hydrogens is 352 g/mol. The molecular formula is C17H16N6O2S. The van der Waals surface area contributed by atoms with E-state index < -0.39 is 0 Å². The Labute approximate surface area is 153 Å². The standard InChI is InChI=1S/C17H16N6O2S/c1-25-14-7-3-2-6-13(14)22-12-18-19-16(22)26-11-10-23-17(24)21-9-5-4-8-15(21)20-23/h2-9,12H,10-11H2,1H3. The minimum absolute atomic E-state index is 0.146. The second-order valence-corrected chi connectivity index (χ2v) is 6.50. The SMILES string of the molecule is COc1ccccc1-n1cnnc1SCCn1nc2ccccn2c1=O. The van der Waals surface area contributed by atoms with Gasteiger partial charge in [-0.25, -0.2) is 9.48 Å². The van der Waals surface area contributed by atoms with Crippen molar-refractivity contribution in [2.24, 2.45) is 0 Å². The van der Waals surface area contributed by atoms with Gasteiger partial charge in [0.05, 0.1) is 19.3 Å². The lowest BCUT2D eigenvalue weighted by Crippen LogP contribution is -2.22. The van der Waals surface area contributed by atoms with Crippen molar-refractivity contribution in [2.75, 3.05) is 12.9 Å². The van der Waals surface area contributed by atoms with Crippen molar-refractivity contribution in [1.29, 1.82) is 0 Å². The molecule has 4 aromatic rings. The van der Waals surface area contributed by atoms with Gasteiger partial charge in [-0.1, -0.05) is 30.0 Å². The molecule has 3 aromatic heterocycles. The third-order valence-electron chi connectivity index (χ3n) is 3.88. The molecule has 8 nitrogen and oxygen atoms in total. The zero-order chi connectivity index (χ0) is 17.9. The van der Waals surface area contributed by atoms with Gasteiger partial charge in [0.25, 0.3) is 0 Å². The first-order chi connectivity index (χ1) is 12.8. The molecule has 0 aliphatic rings. The van der Waals surface area contributed by atoms with E-state index in [4.69, 9.17) is 4.74 Å². The van der Waals surface area contributed by atoms with E-state index in [0.29, 0.717) is 17.9 Å². The van der Waals surface area contributed by atoms with E-state index in [-0.39, 0.29) is 5.69 Å². The van der Waals surface area contributed by atoms with E-state index in [9.17, 15) is 4.79 Å². The molecule has 9 heteroatoms. The van der Waals surface area contributed by atoms with Crippen LogP contribution in [0.15, 0.2) is 64.9 Å². The molecule has 4 rings (SSSR count). The molecule has 0 unspecified atom stereocenters. The maximum absolute atomic E-state index is 12.3. The number of aryl methyl sites for hydroxylation is 1. The Bertz CT molecular complexity index is 1100. The highest BCUT2D eigenvalue weighted by atomic mass is 32.2. The first kappa shape index (κ1) is 16.4. The van der Waals surface area contributed by atoms with E-state index in [2.05, 4.69) is 15.3 Å². The topological polar surface area (TPSA) is 79.2 Å². The number of fused-ring (bicyclic) bond motifs is 1. The predicted molar refractivity (Wildman–Crippen MR) is 98.1 cm³/mol. The molecule has 26 heavy (non-hydrogen) atoms. The molecule has 0 radical (unpaired) electrons. The molecule has 3 heterocycles. The summed E-state index contributed by atoms with van der Waals surface area (Å²) >= 11 is 1.51. The molecule has 0 bridgehead atoms. The Balaban J connectivity index is 1.52.